The van der Waals surface area contributed by atoms with Crippen LogP contribution in [-0.4, -0.2) is 36.3 Å². The molecule has 0 radical (unpaired) electrons. The van der Waals surface area contributed by atoms with E-state index in [1.165, 1.54) is 24.8 Å². The lowest BCUT2D eigenvalue weighted by Gasteiger charge is -2.25. The number of nitrogens with one attached hydrogen (secondary N) is 2. The maximum absolute atomic E-state index is 12.2. The minimum Gasteiger partial charge on any atom is -0.379 e. The van der Waals surface area contributed by atoms with Crippen molar-refractivity contribution in [2.45, 2.75) is 50.6 Å². The molecule has 1 saturated heterocycles. The number of hydrogen-bond acceptors (Lipinski definition) is 3. The molecule has 2 N–H and O–H groups in total. The van der Waals surface area contributed by atoms with Crippen LogP contribution >= 0.6 is 0 Å². The molecule has 2 amide bonds. The second kappa shape index (κ2) is 7.58. The molecule has 2 atom stereocenters. The highest BCUT2D eigenvalue weighted by Gasteiger charge is 2.30. The number of nitrogens with zero attached hydrogens (tertiary/aromatic N) is 1. The standard InChI is InChI=1S/C17H25N3O2/c21-17(19-15-4-2-1-3-5-15)20-16-12-22-11-14(16)10-13-6-8-18-9-7-13/h6-9,14-16H,1-5,10-12H2,(H2,19,20,21)/t14-,16-/m1/s1. The highest BCUT2D eigenvalue weighted by Crippen LogP contribution is 2.20. The first-order valence-corrected chi connectivity index (χ1v) is 8.35. The Balaban J connectivity index is 1.49. The Morgan fingerprint density at radius 2 is 1.91 bits per heavy atom. The van der Waals surface area contributed by atoms with Crippen LogP contribution in [0.25, 0.3) is 0 Å². The number of carbonyl (C=O) groups excluding carboxylic acids is 1. The summed E-state index contributed by atoms with van der Waals surface area (Å²) in [4.78, 5) is 16.2. The molecule has 0 bridgehead atoms. The molecule has 0 unspecified atom stereocenters. The van der Waals surface area contributed by atoms with E-state index in [1.54, 1.807) is 0 Å². The summed E-state index contributed by atoms with van der Waals surface area (Å²) >= 11 is 0. The summed E-state index contributed by atoms with van der Waals surface area (Å²) in [5.41, 5.74) is 1.24. The summed E-state index contributed by atoms with van der Waals surface area (Å²) < 4.78 is 5.57. The normalized spacial score (nSPS) is 25.8. The number of carbonyl (C=O) groups is 1. The number of amides is 2. The van der Waals surface area contributed by atoms with Gasteiger partial charge in [0.1, 0.15) is 0 Å². The van der Waals surface area contributed by atoms with Gasteiger partial charge < -0.3 is 15.4 Å². The van der Waals surface area contributed by atoms with Crippen molar-refractivity contribution in [2.75, 3.05) is 13.2 Å². The number of rotatable bonds is 4. The van der Waals surface area contributed by atoms with E-state index < -0.39 is 0 Å². The van der Waals surface area contributed by atoms with E-state index in [0.29, 0.717) is 25.2 Å². The largest absolute Gasteiger partial charge is 0.379 e. The van der Waals surface area contributed by atoms with Gasteiger partial charge in [0.15, 0.2) is 0 Å². The van der Waals surface area contributed by atoms with Gasteiger partial charge in [0.2, 0.25) is 0 Å². The first kappa shape index (κ1) is 15.3. The lowest BCUT2D eigenvalue weighted by Crippen LogP contribution is -2.49. The molecule has 0 spiro atoms. The predicted octanol–water partition coefficient (Wildman–Crippen LogP) is 2.27. The Bertz CT molecular complexity index is 474. The summed E-state index contributed by atoms with van der Waals surface area (Å²) in [6.45, 7) is 1.31. The summed E-state index contributed by atoms with van der Waals surface area (Å²) in [5.74, 6) is 0.333. The van der Waals surface area contributed by atoms with Crippen molar-refractivity contribution >= 4 is 6.03 Å². The van der Waals surface area contributed by atoms with Gasteiger partial charge in [0, 0.05) is 24.4 Å². The van der Waals surface area contributed by atoms with Crippen molar-refractivity contribution in [3.8, 4) is 0 Å². The van der Waals surface area contributed by atoms with Crippen LogP contribution in [0.3, 0.4) is 0 Å². The molecule has 1 aromatic heterocycles. The summed E-state index contributed by atoms with van der Waals surface area (Å²) in [6.07, 6.45) is 10.5. The fourth-order valence-corrected chi connectivity index (χ4v) is 3.42. The van der Waals surface area contributed by atoms with Crippen molar-refractivity contribution in [3.63, 3.8) is 0 Å². The second-order valence-electron chi connectivity index (χ2n) is 6.42. The van der Waals surface area contributed by atoms with Crippen molar-refractivity contribution in [2.24, 2.45) is 5.92 Å². The first-order valence-electron chi connectivity index (χ1n) is 8.35. The number of urea groups is 1. The molecule has 22 heavy (non-hydrogen) atoms. The van der Waals surface area contributed by atoms with Crippen LogP contribution in [0.4, 0.5) is 4.79 Å². The minimum atomic E-state index is -0.0397. The Hall–Kier alpha value is -1.62. The Kier molecular flexibility index (Phi) is 5.27. The molecule has 2 aliphatic rings. The zero-order chi connectivity index (χ0) is 15.2. The van der Waals surface area contributed by atoms with Gasteiger partial charge in [-0.2, -0.15) is 0 Å². The van der Waals surface area contributed by atoms with Crippen LogP contribution in [0, 0.1) is 5.92 Å². The number of pyridine rings is 1. The molecular formula is C17H25N3O2. The average Bonchev–Trinajstić information content (AvgIpc) is 2.96. The Morgan fingerprint density at radius 3 is 2.68 bits per heavy atom. The van der Waals surface area contributed by atoms with Gasteiger partial charge in [-0.25, -0.2) is 4.79 Å². The number of hydrogen-bond donors (Lipinski definition) is 2. The highest BCUT2D eigenvalue weighted by atomic mass is 16.5. The molecule has 1 saturated carbocycles. The Labute approximate surface area is 131 Å². The molecule has 3 rings (SSSR count). The van der Waals surface area contributed by atoms with E-state index in [-0.39, 0.29) is 12.1 Å². The summed E-state index contributed by atoms with van der Waals surface area (Å²) in [5, 5.41) is 6.22. The van der Waals surface area contributed by atoms with Gasteiger partial charge in [0.25, 0.3) is 0 Å². The van der Waals surface area contributed by atoms with Crippen molar-refractivity contribution in [3.05, 3.63) is 30.1 Å². The van der Waals surface area contributed by atoms with Crippen LogP contribution in [0.2, 0.25) is 0 Å². The third-order valence-corrected chi connectivity index (χ3v) is 4.70. The second-order valence-corrected chi connectivity index (χ2v) is 6.42. The van der Waals surface area contributed by atoms with Crippen LogP contribution < -0.4 is 10.6 Å². The van der Waals surface area contributed by atoms with E-state index in [2.05, 4.69) is 15.6 Å². The first-order chi connectivity index (χ1) is 10.8. The molecule has 2 fully saturated rings. The monoisotopic (exact) mass is 303 g/mol. The average molecular weight is 303 g/mol. The van der Waals surface area contributed by atoms with Crippen LogP contribution in [0.15, 0.2) is 24.5 Å². The fourth-order valence-electron chi connectivity index (χ4n) is 3.42. The third kappa shape index (κ3) is 4.19. The molecule has 120 valence electrons. The SMILES string of the molecule is O=C(NC1CCCCC1)N[C@@H]1COC[C@H]1Cc1ccncc1. The molecule has 1 aromatic rings. The molecular weight excluding hydrogens is 278 g/mol. The van der Waals surface area contributed by atoms with Gasteiger partial charge in [-0.05, 0) is 37.0 Å². The number of aromatic nitrogens is 1. The van der Waals surface area contributed by atoms with Crippen LogP contribution in [0.5, 0.6) is 0 Å². The zero-order valence-electron chi connectivity index (χ0n) is 13.0. The molecule has 5 heteroatoms. The molecule has 5 nitrogen and oxygen atoms in total. The maximum Gasteiger partial charge on any atom is 0.315 e. The van der Waals surface area contributed by atoms with E-state index in [0.717, 1.165) is 19.3 Å². The van der Waals surface area contributed by atoms with E-state index in [9.17, 15) is 4.79 Å². The third-order valence-electron chi connectivity index (χ3n) is 4.70. The van der Waals surface area contributed by atoms with E-state index in [4.69, 9.17) is 4.74 Å². The van der Waals surface area contributed by atoms with Gasteiger partial charge in [-0.3, -0.25) is 4.98 Å². The molecule has 1 aliphatic carbocycles. The summed E-state index contributed by atoms with van der Waals surface area (Å²) in [7, 11) is 0. The lowest BCUT2D eigenvalue weighted by molar-refractivity contribution is 0.181. The van der Waals surface area contributed by atoms with Crippen LogP contribution in [-0.2, 0) is 11.2 Å². The van der Waals surface area contributed by atoms with Gasteiger partial charge >= 0.3 is 6.03 Å². The van der Waals surface area contributed by atoms with Gasteiger partial charge in [0.05, 0.1) is 19.3 Å². The van der Waals surface area contributed by atoms with E-state index >= 15 is 0 Å². The molecule has 0 aromatic carbocycles. The quantitative estimate of drug-likeness (QED) is 0.897. The zero-order valence-corrected chi connectivity index (χ0v) is 13.0. The lowest BCUT2D eigenvalue weighted by atomic mass is 9.95. The van der Waals surface area contributed by atoms with Crippen LogP contribution in [0.1, 0.15) is 37.7 Å². The predicted molar refractivity (Wildman–Crippen MR) is 84.6 cm³/mol. The topological polar surface area (TPSA) is 63.2 Å². The highest BCUT2D eigenvalue weighted by molar-refractivity contribution is 5.74. The number of ether oxygens (including phenoxy) is 1. The smallest absolute Gasteiger partial charge is 0.315 e. The van der Waals surface area contributed by atoms with Crippen molar-refractivity contribution < 1.29 is 9.53 Å². The van der Waals surface area contributed by atoms with Gasteiger partial charge in [-0.15, -0.1) is 0 Å². The minimum absolute atomic E-state index is 0.0397. The molecule has 1 aliphatic heterocycles. The van der Waals surface area contributed by atoms with Crippen molar-refractivity contribution in [1.29, 1.82) is 0 Å². The van der Waals surface area contributed by atoms with Crippen molar-refractivity contribution in [1.82, 2.24) is 15.6 Å². The maximum atomic E-state index is 12.2. The Morgan fingerprint density at radius 1 is 1.14 bits per heavy atom. The molecule has 2 heterocycles. The van der Waals surface area contributed by atoms with E-state index in [1.807, 2.05) is 24.5 Å². The fraction of sp³-hybridized carbons (Fsp3) is 0.647. The van der Waals surface area contributed by atoms with Gasteiger partial charge in [-0.1, -0.05) is 19.3 Å². The summed E-state index contributed by atoms with van der Waals surface area (Å²) in [6, 6.07) is 4.45.